The van der Waals surface area contributed by atoms with E-state index in [0.717, 1.165) is 40.7 Å². The lowest BCUT2D eigenvalue weighted by Gasteiger charge is -2.30. The zero-order valence-electron chi connectivity index (χ0n) is 30.0. The first-order chi connectivity index (χ1) is 26.4. The molecule has 25 nitrogen and oxygen atoms in total. The van der Waals surface area contributed by atoms with Gasteiger partial charge in [-0.3, -0.25) is 37.3 Å². The molecule has 10 N–H and O–H groups in total. The molecule has 2 aromatic rings. The molecule has 1 saturated heterocycles. The van der Waals surface area contributed by atoms with E-state index in [1.54, 1.807) is 0 Å². The van der Waals surface area contributed by atoms with Crippen LogP contribution in [-0.4, -0.2) is 139 Å². The minimum Gasteiger partial charge on any atom is -0.386 e. The number of phosphoric acid groups is 3. The number of nitrogen functional groups attached to an aromatic ring is 1. The van der Waals surface area contributed by atoms with Gasteiger partial charge in [-0.05, 0) is 5.75 Å². The topological polar surface area (TPSA) is 381 Å². The first-order valence-electron chi connectivity index (χ1n) is 16.3. The number of nitrogens with two attached hydrogens (primary N) is 1. The van der Waals surface area contributed by atoms with Crippen LogP contribution in [-0.2, 0) is 55.5 Å². The highest BCUT2D eigenvalue weighted by Crippen LogP contribution is 2.61. The molecular formula is C26H42N7O18P3S3. The number of imidazole rings is 1. The number of carbonyl (C=O) groups excluding carboxylic acids is 4. The Balaban J connectivity index is 1.47. The Bertz CT molecular complexity index is 1890. The summed E-state index contributed by atoms with van der Waals surface area (Å²) in [5.41, 5.74) is 4.22. The van der Waals surface area contributed by atoms with Crippen molar-refractivity contribution in [3.8, 4) is 0 Å². The van der Waals surface area contributed by atoms with Crippen molar-refractivity contribution in [2.24, 2.45) is 5.41 Å². The number of carbonyl (C=O) groups is 4. The molecule has 0 saturated carbocycles. The first kappa shape index (κ1) is 49.3. The summed E-state index contributed by atoms with van der Waals surface area (Å²) in [4.78, 5) is 99.0. The maximum atomic E-state index is 12.7. The summed E-state index contributed by atoms with van der Waals surface area (Å²) < 4.78 is 62.0. The van der Waals surface area contributed by atoms with Gasteiger partial charge in [-0.2, -0.15) is 16.9 Å². The normalized spacial score (nSPS) is 21.4. The van der Waals surface area contributed by atoms with E-state index >= 15 is 0 Å². The summed E-state index contributed by atoms with van der Waals surface area (Å²) in [6.45, 7) is 0.275. The summed E-state index contributed by atoms with van der Waals surface area (Å²) in [6.07, 6.45) is -7.30. The molecule has 2 aromatic heterocycles. The van der Waals surface area contributed by atoms with Crippen molar-refractivity contribution in [1.82, 2.24) is 30.2 Å². The largest absolute Gasteiger partial charge is 0.481 e. The number of thioether (sulfide) groups is 2. The number of phosphoric ester groups is 3. The van der Waals surface area contributed by atoms with Gasteiger partial charge < -0.3 is 50.9 Å². The molecule has 31 heteroatoms. The molecule has 322 valence electrons. The summed E-state index contributed by atoms with van der Waals surface area (Å²) in [7, 11) is -16.4. The fourth-order valence-corrected chi connectivity index (χ4v) is 9.09. The van der Waals surface area contributed by atoms with Crippen LogP contribution >= 0.6 is 59.6 Å². The number of amides is 2. The molecule has 1 fully saturated rings. The van der Waals surface area contributed by atoms with E-state index in [1.807, 2.05) is 0 Å². The van der Waals surface area contributed by atoms with Crippen LogP contribution in [0.2, 0.25) is 0 Å². The van der Waals surface area contributed by atoms with Crippen molar-refractivity contribution < 1.29 is 85.3 Å². The lowest BCUT2D eigenvalue weighted by Crippen LogP contribution is -2.46. The second-order valence-electron chi connectivity index (χ2n) is 12.4. The number of aromatic nitrogens is 4. The van der Waals surface area contributed by atoms with Gasteiger partial charge in [-0.1, -0.05) is 37.4 Å². The third kappa shape index (κ3) is 15.8. The first-order valence-corrected chi connectivity index (χ1v) is 23.4. The lowest BCUT2D eigenvalue weighted by molar-refractivity contribution is -0.137. The van der Waals surface area contributed by atoms with Gasteiger partial charge in [-0.15, -0.1) is 0 Å². The predicted molar refractivity (Wildman–Crippen MR) is 203 cm³/mol. The van der Waals surface area contributed by atoms with Gasteiger partial charge in [0.1, 0.15) is 36.3 Å². The molecule has 0 aliphatic carbocycles. The summed E-state index contributed by atoms with van der Waals surface area (Å²) in [5, 5.41) is 25.6. The molecule has 0 aromatic carbocycles. The number of hydrogen-bond donors (Lipinski definition) is 10. The molecule has 3 heterocycles. The van der Waals surface area contributed by atoms with Crippen molar-refractivity contribution >= 4 is 98.6 Å². The molecule has 57 heavy (non-hydrogen) atoms. The zero-order chi connectivity index (χ0) is 42.8. The van der Waals surface area contributed by atoms with Gasteiger partial charge >= 0.3 is 23.5 Å². The van der Waals surface area contributed by atoms with E-state index in [1.165, 1.54) is 13.8 Å². The van der Waals surface area contributed by atoms with Crippen LogP contribution in [0.25, 0.3) is 11.2 Å². The van der Waals surface area contributed by atoms with Gasteiger partial charge in [-0.25, -0.2) is 28.6 Å². The van der Waals surface area contributed by atoms with E-state index in [-0.39, 0.29) is 58.9 Å². The predicted octanol–water partition coefficient (Wildman–Crippen LogP) is -0.756. The Morgan fingerprint density at radius 3 is 2.32 bits per heavy atom. The van der Waals surface area contributed by atoms with Gasteiger partial charge in [0.15, 0.2) is 27.9 Å². The zero-order valence-corrected chi connectivity index (χ0v) is 35.2. The Morgan fingerprint density at radius 1 is 1.02 bits per heavy atom. The highest BCUT2D eigenvalue weighted by Gasteiger charge is 2.50. The van der Waals surface area contributed by atoms with Crippen LogP contribution in [0.1, 0.15) is 32.9 Å². The number of nitrogens with one attached hydrogen (secondary N) is 2. The number of rotatable bonds is 23. The van der Waals surface area contributed by atoms with Crippen molar-refractivity contribution in [1.29, 1.82) is 0 Å². The van der Waals surface area contributed by atoms with E-state index < -0.39 is 84.6 Å². The number of nitrogens with zero attached hydrogens (tertiary/aromatic N) is 4. The average Bonchev–Trinajstić information content (AvgIpc) is 3.67. The minimum atomic E-state index is -5.58. The Kier molecular flexibility index (Phi) is 18.5. The molecule has 2 unspecified atom stereocenters. The van der Waals surface area contributed by atoms with Crippen LogP contribution in [0.3, 0.4) is 0 Å². The molecule has 0 bridgehead atoms. The maximum absolute atomic E-state index is 12.7. The van der Waals surface area contributed by atoms with Crippen LogP contribution < -0.4 is 16.4 Å². The van der Waals surface area contributed by atoms with Gasteiger partial charge in [0.25, 0.3) is 0 Å². The molecule has 1 aliphatic rings. The summed E-state index contributed by atoms with van der Waals surface area (Å²) in [5.74, 6) is -0.366. The monoisotopic (exact) mass is 929 g/mol. The van der Waals surface area contributed by atoms with Crippen molar-refractivity contribution in [3.63, 3.8) is 0 Å². The van der Waals surface area contributed by atoms with Gasteiger partial charge in [0.05, 0.1) is 26.0 Å². The van der Waals surface area contributed by atoms with Crippen molar-refractivity contribution in [2.75, 3.05) is 49.3 Å². The van der Waals surface area contributed by atoms with Crippen LogP contribution in [0.15, 0.2) is 12.7 Å². The molecule has 1 aliphatic heterocycles. The number of fused-ring (bicyclic) bond motifs is 1. The van der Waals surface area contributed by atoms with Gasteiger partial charge in [0, 0.05) is 36.4 Å². The molecular weight excluding hydrogens is 887 g/mol. The Morgan fingerprint density at radius 2 is 1.67 bits per heavy atom. The third-order valence-electron chi connectivity index (χ3n) is 7.41. The SMILES string of the molecule is CC(C)(COP(=O)(O)OP(=O)(O)OC[C@H]1O[C@@H](n2cnc3c(N)ncnc32)[C@H](O)[C@@H]1OP(=O)(O)O)[C@@H](O)C(=O)NCCC(=O)NCCSC(=O)CC(=O)SCCS. The number of anilines is 1. The number of aliphatic hydroxyl groups is 2. The van der Waals surface area contributed by atoms with Gasteiger partial charge in [0.2, 0.25) is 11.8 Å². The van der Waals surface area contributed by atoms with E-state index in [4.69, 9.17) is 19.5 Å². The third-order valence-corrected chi connectivity index (χ3v) is 12.8. The fourth-order valence-electron chi connectivity index (χ4n) is 4.67. The second kappa shape index (κ2) is 21.4. The smallest absolute Gasteiger partial charge is 0.386 e. The average molecular weight is 930 g/mol. The molecule has 2 amide bonds. The Labute approximate surface area is 337 Å². The summed E-state index contributed by atoms with van der Waals surface area (Å²) >= 11 is 5.87. The van der Waals surface area contributed by atoms with Crippen LogP contribution in [0, 0.1) is 5.41 Å². The molecule has 0 radical (unpaired) electrons. The maximum Gasteiger partial charge on any atom is 0.481 e. The van der Waals surface area contributed by atoms with E-state index in [2.05, 4.69) is 47.0 Å². The standard InChI is InChI=1S/C26H42N7O18P3S3/c1-26(2,21(38)24(39)29-4-3-15(34)28-5-7-56-16(35)9-17(36)57-8-6-55)11-48-54(45,46)51-53(43,44)47-10-14-20(50-52(40,41)42)19(37)25(49-14)33-13-32-18-22(27)30-12-31-23(18)33/h12-14,19-21,25,37-38,55H,3-11H2,1-2H3,(H,28,34)(H,29,39)(H,43,44)(H,45,46)(H2,27,30,31)(H2,40,41,42)/t14-,19-,20-,21+,25-/m1/s1. The van der Waals surface area contributed by atoms with Crippen molar-refractivity contribution in [2.45, 2.75) is 57.3 Å². The fraction of sp³-hybridized carbons (Fsp3) is 0.654. The minimum absolute atomic E-state index is 0.0229. The lowest BCUT2D eigenvalue weighted by atomic mass is 9.87. The number of aliphatic hydroxyl groups excluding tert-OH is 2. The number of thiol groups is 1. The highest BCUT2D eigenvalue weighted by molar-refractivity contribution is 8.15. The second-order valence-corrected chi connectivity index (χ2v) is 19.4. The van der Waals surface area contributed by atoms with E-state index in [0.29, 0.717) is 11.5 Å². The van der Waals surface area contributed by atoms with Crippen LogP contribution in [0.5, 0.6) is 0 Å². The molecule has 3 rings (SSSR count). The number of hydrogen-bond acceptors (Lipinski definition) is 21. The molecule has 7 atom stereocenters. The highest BCUT2D eigenvalue weighted by atomic mass is 32.2. The van der Waals surface area contributed by atoms with Crippen LogP contribution in [0.4, 0.5) is 5.82 Å². The quantitative estimate of drug-likeness (QED) is 0.0283. The van der Waals surface area contributed by atoms with Crippen molar-refractivity contribution in [3.05, 3.63) is 12.7 Å². The summed E-state index contributed by atoms with van der Waals surface area (Å²) in [6, 6.07) is 0. The Hall–Kier alpha value is -2.07. The van der Waals surface area contributed by atoms with E-state index in [9.17, 15) is 62.7 Å². The molecule has 0 spiro atoms. The number of ether oxygens (including phenoxy) is 1.